The summed E-state index contributed by atoms with van der Waals surface area (Å²) in [5.41, 5.74) is 4.17. The standard InChI is InChI=1S/C23H22ClNO2/c1-14-9-20-22(10-15(14)2)25-8-7-23(20)27-19-6-5-17(21(24)13-19)12-18(26)11-16-3-4-16/h5-10,13,16H,3-4,11-12H2,1-2H3. The molecular formula is C23H22ClNO2. The van der Waals surface area contributed by atoms with E-state index in [2.05, 4.69) is 31.0 Å². The Morgan fingerprint density at radius 1 is 1.15 bits per heavy atom. The molecule has 1 aliphatic carbocycles. The second-order valence-corrected chi connectivity index (χ2v) is 7.89. The predicted molar refractivity (Wildman–Crippen MR) is 109 cm³/mol. The molecule has 0 saturated heterocycles. The molecule has 0 atom stereocenters. The second-order valence-electron chi connectivity index (χ2n) is 7.48. The van der Waals surface area contributed by atoms with Crippen molar-refractivity contribution in [2.75, 3.05) is 0 Å². The Balaban J connectivity index is 1.56. The molecular weight excluding hydrogens is 358 g/mol. The number of benzene rings is 2. The number of aryl methyl sites for hydroxylation is 2. The number of halogens is 1. The first-order valence-electron chi connectivity index (χ1n) is 9.33. The van der Waals surface area contributed by atoms with Crippen LogP contribution in [0.4, 0.5) is 0 Å². The van der Waals surface area contributed by atoms with Crippen LogP contribution >= 0.6 is 11.6 Å². The zero-order valence-electron chi connectivity index (χ0n) is 15.6. The average Bonchev–Trinajstić information content (AvgIpc) is 3.43. The van der Waals surface area contributed by atoms with E-state index in [0.717, 1.165) is 22.2 Å². The topological polar surface area (TPSA) is 39.2 Å². The van der Waals surface area contributed by atoms with Gasteiger partial charge in [-0.2, -0.15) is 0 Å². The van der Waals surface area contributed by atoms with E-state index in [0.29, 0.717) is 29.5 Å². The zero-order chi connectivity index (χ0) is 19.0. The van der Waals surface area contributed by atoms with Gasteiger partial charge in [-0.15, -0.1) is 0 Å². The number of carbonyl (C=O) groups excluding carboxylic acids is 1. The van der Waals surface area contributed by atoms with Crippen molar-refractivity contribution in [3.63, 3.8) is 0 Å². The van der Waals surface area contributed by atoms with Crippen LogP contribution in [0.15, 0.2) is 42.6 Å². The van der Waals surface area contributed by atoms with Gasteiger partial charge in [-0.1, -0.05) is 17.7 Å². The lowest BCUT2D eigenvalue weighted by Gasteiger charge is -2.12. The molecule has 138 valence electrons. The number of pyridine rings is 1. The van der Waals surface area contributed by atoms with Gasteiger partial charge in [-0.3, -0.25) is 9.78 Å². The molecule has 0 amide bonds. The first kappa shape index (κ1) is 18.0. The van der Waals surface area contributed by atoms with Gasteiger partial charge in [0.05, 0.1) is 5.52 Å². The van der Waals surface area contributed by atoms with Crippen LogP contribution in [-0.4, -0.2) is 10.8 Å². The minimum absolute atomic E-state index is 0.263. The van der Waals surface area contributed by atoms with Gasteiger partial charge in [0.1, 0.15) is 17.3 Å². The van der Waals surface area contributed by atoms with E-state index < -0.39 is 0 Å². The van der Waals surface area contributed by atoms with Crippen molar-refractivity contribution in [3.05, 3.63) is 64.3 Å². The fraction of sp³-hybridized carbons (Fsp3) is 0.304. The number of hydrogen-bond donors (Lipinski definition) is 0. The molecule has 1 aromatic heterocycles. The van der Waals surface area contributed by atoms with E-state index in [-0.39, 0.29) is 5.78 Å². The van der Waals surface area contributed by atoms with Crippen molar-refractivity contribution >= 4 is 28.3 Å². The molecule has 2 aromatic carbocycles. The van der Waals surface area contributed by atoms with Gasteiger partial charge in [-0.05, 0) is 79.6 Å². The monoisotopic (exact) mass is 379 g/mol. The number of nitrogens with zero attached hydrogens (tertiary/aromatic N) is 1. The normalized spacial score (nSPS) is 13.7. The highest BCUT2D eigenvalue weighted by atomic mass is 35.5. The van der Waals surface area contributed by atoms with E-state index in [4.69, 9.17) is 16.3 Å². The number of hydrogen-bond acceptors (Lipinski definition) is 3. The van der Waals surface area contributed by atoms with E-state index in [1.807, 2.05) is 18.2 Å². The molecule has 1 fully saturated rings. The maximum Gasteiger partial charge on any atom is 0.138 e. The Kier molecular flexibility index (Phi) is 4.88. The maximum absolute atomic E-state index is 12.1. The van der Waals surface area contributed by atoms with Crippen LogP contribution in [0.3, 0.4) is 0 Å². The number of Topliss-reactive ketones (excluding diaryl/α,β-unsaturated/α-hetero) is 1. The van der Waals surface area contributed by atoms with Gasteiger partial charge in [0.2, 0.25) is 0 Å². The number of aromatic nitrogens is 1. The molecule has 0 N–H and O–H groups in total. The lowest BCUT2D eigenvalue weighted by Crippen LogP contribution is -2.04. The smallest absolute Gasteiger partial charge is 0.138 e. The van der Waals surface area contributed by atoms with Crippen molar-refractivity contribution in [1.82, 2.24) is 4.98 Å². The molecule has 4 heteroatoms. The van der Waals surface area contributed by atoms with E-state index >= 15 is 0 Å². The van der Waals surface area contributed by atoms with Crippen LogP contribution in [0, 0.1) is 19.8 Å². The highest BCUT2D eigenvalue weighted by Gasteiger charge is 2.24. The third-order valence-corrected chi connectivity index (χ3v) is 5.52. The summed E-state index contributed by atoms with van der Waals surface area (Å²) >= 11 is 6.41. The highest BCUT2D eigenvalue weighted by molar-refractivity contribution is 6.31. The van der Waals surface area contributed by atoms with Crippen LogP contribution < -0.4 is 4.74 Å². The van der Waals surface area contributed by atoms with E-state index in [9.17, 15) is 4.79 Å². The molecule has 0 bridgehead atoms. The summed E-state index contributed by atoms with van der Waals surface area (Å²) in [4.78, 5) is 16.5. The SMILES string of the molecule is Cc1cc2nccc(Oc3ccc(CC(=O)CC4CC4)c(Cl)c3)c2cc1C. The molecule has 0 unspecified atom stereocenters. The summed E-state index contributed by atoms with van der Waals surface area (Å²) in [5, 5.41) is 1.54. The Bertz CT molecular complexity index is 1020. The predicted octanol–water partition coefficient (Wildman–Crippen LogP) is 6.21. The van der Waals surface area contributed by atoms with Crippen molar-refractivity contribution in [2.24, 2.45) is 5.92 Å². The summed E-state index contributed by atoms with van der Waals surface area (Å²) in [7, 11) is 0. The average molecular weight is 380 g/mol. The molecule has 3 aromatic rings. The second kappa shape index (κ2) is 7.32. The van der Waals surface area contributed by atoms with E-state index in [1.54, 1.807) is 12.3 Å². The fourth-order valence-electron chi connectivity index (χ4n) is 3.26. The number of ketones is 1. The lowest BCUT2D eigenvalue weighted by atomic mass is 10.0. The van der Waals surface area contributed by atoms with Crippen molar-refractivity contribution in [3.8, 4) is 11.5 Å². The quantitative estimate of drug-likeness (QED) is 0.511. The molecule has 1 saturated carbocycles. The minimum atomic E-state index is 0.263. The van der Waals surface area contributed by atoms with Gasteiger partial charge in [0.15, 0.2) is 0 Å². The van der Waals surface area contributed by atoms with Gasteiger partial charge in [-0.25, -0.2) is 0 Å². The Morgan fingerprint density at radius 3 is 2.67 bits per heavy atom. The van der Waals surface area contributed by atoms with Crippen LogP contribution in [0.2, 0.25) is 5.02 Å². The summed E-state index contributed by atoms with van der Waals surface area (Å²) in [6.45, 7) is 4.16. The van der Waals surface area contributed by atoms with Crippen LogP contribution in [0.1, 0.15) is 36.0 Å². The largest absolute Gasteiger partial charge is 0.457 e. The third kappa shape index (κ3) is 4.14. The number of fused-ring (bicyclic) bond motifs is 1. The van der Waals surface area contributed by atoms with Crippen molar-refractivity contribution in [1.29, 1.82) is 0 Å². The first-order valence-corrected chi connectivity index (χ1v) is 9.71. The van der Waals surface area contributed by atoms with Gasteiger partial charge in [0, 0.05) is 29.4 Å². The Hall–Kier alpha value is -2.39. The summed E-state index contributed by atoms with van der Waals surface area (Å²) in [6, 6.07) is 11.6. The Morgan fingerprint density at radius 2 is 1.93 bits per heavy atom. The van der Waals surface area contributed by atoms with Gasteiger partial charge in [0.25, 0.3) is 0 Å². The zero-order valence-corrected chi connectivity index (χ0v) is 16.3. The van der Waals surface area contributed by atoms with E-state index in [1.165, 1.54) is 24.0 Å². The van der Waals surface area contributed by atoms with Crippen LogP contribution in [0.5, 0.6) is 11.5 Å². The third-order valence-electron chi connectivity index (χ3n) is 5.17. The van der Waals surface area contributed by atoms with Crippen molar-refractivity contribution < 1.29 is 9.53 Å². The van der Waals surface area contributed by atoms with Crippen molar-refractivity contribution in [2.45, 2.75) is 39.5 Å². The fourth-order valence-corrected chi connectivity index (χ4v) is 3.50. The minimum Gasteiger partial charge on any atom is -0.457 e. The van der Waals surface area contributed by atoms with Crippen LogP contribution in [-0.2, 0) is 11.2 Å². The molecule has 0 aliphatic heterocycles. The summed E-state index contributed by atoms with van der Waals surface area (Å²) in [6.07, 6.45) is 5.19. The molecule has 1 heterocycles. The van der Waals surface area contributed by atoms with Gasteiger partial charge >= 0.3 is 0 Å². The van der Waals surface area contributed by atoms with Crippen LogP contribution in [0.25, 0.3) is 10.9 Å². The summed E-state index contributed by atoms with van der Waals surface area (Å²) in [5.74, 6) is 2.27. The first-order chi connectivity index (χ1) is 13.0. The maximum atomic E-state index is 12.1. The lowest BCUT2D eigenvalue weighted by molar-refractivity contribution is -0.118. The Labute approximate surface area is 164 Å². The summed E-state index contributed by atoms with van der Waals surface area (Å²) < 4.78 is 6.09. The molecule has 0 spiro atoms. The molecule has 1 aliphatic rings. The van der Waals surface area contributed by atoms with Gasteiger partial charge < -0.3 is 4.74 Å². The highest BCUT2D eigenvalue weighted by Crippen LogP contribution is 2.34. The molecule has 27 heavy (non-hydrogen) atoms. The number of rotatable bonds is 6. The molecule has 0 radical (unpaired) electrons. The molecule has 4 rings (SSSR count). The molecule has 3 nitrogen and oxygen atoms in total. The number of carbonyl (C=O) groups is 1. The number of ether oxygens (including phenoxy) is 1.